The van der Waals surface area contributed by atoms with Gasteiger partial charge >= 0.3 is 0 Å². The Morgan fingerprint density at radius 2 is 1.65 bits per heavy atom. The largest absolute Gasteiger partial charge is 0.274 e. The molecular weight excluding hydrogens is 395 g/mol. The standard InChI is InChI=1S/C17H14Cl2N4O2S/c1-11-20-21-17(23(11)15-8-6-14(19)7-9-15)26-16(10-22(24)25)12-2-4-13(18)5-3-12/h2-9,16H,10H2,1H3/t16-/m1/s1. The average Bonchev–Trinajstić information content (AvgIpc) is 2.96. The molecule has 0 bridgehead atoms. The Labute approximate surface area is 164 Å². The first-order valence-electron chi connectivity index (χ1n) is 7.66. The molecule has 0 saturated heterocycles. The molecule has 0 spiro atoms. The summed E-state index contributed by atoms with van der Waals surface area (Å²) < 4.78 is 1.85. The Hall–Kier alpha value is -2.09. The summed E-state index contributed by atoms with van der Waals surface area (Å²) in [6.07, 6.45) is 0. The number of thioether (sulfide) groups is 1. The van der Waals surface area contributed by atoms with Gasteiger partial charge in [-0.15, -0.1) is 10.2 Å². The Morgan fingerprint density at radius 1 is 1.08 bits per heavy atom. The van der Waals surface area contributed by atoms with Crippen LogP contribution in [0.3, 0.4) is 0 Å². The number of hydrogen-bond acceptors (Lipinski definition) is 5. The van der Waals surface area contributed by atoms with Gasteiger partial charge in [0.05, 0.1) is 0 Å². The molecule has 0 fully saturated rings. The van der Waals surface area contributed by atoms with E-state index in [0.29, 0.717) is 21.0 Å². The minimum atomic E-state index is -0.420. The number of rotatable bonds is 6. The topological polar surface area (TPSA) is 73.8 Å². The second kappa shape index (κ2) is 8.07. The highest BCUT2D eigenvalue weighted by atomic mass is 35.5. The molecule has 3 rings (SSSR count). The summed E-state index contributed by atoms with van der Waals surface area (Å²) in [5.74, 6) is 0.686. The highest BCUT2D eigenvalue weighted by molar-refractivity contribution is 7.99. The van der Waals surface area contributed by atoms with E-state index in [9.17, 15) is 10.1 Å². The van der Waals surface area contributed by atoms with Crippen molar-refractivity contribution in [2.45, 2.75) is 17.3 Å². The third-order valence-electron chi connectivity index (χ3n) is 3.68. The fourth-order valence-electron chi connectivity index (χ4n) is 2.46. The molecule has 0 radical (unpaired) electrons. The van der Waals surface area contributed by atoms with Crippen molar-refractivity contribution in [2.24, 2.45) is 0 Å². The minimum Gasteiger partial charge on any atom is -0.274 e. The quantitative estimate of drug-likeness (QED) is 0.326. The molecule has 2 aromatic carbocycles. The van der Waals surface area contributed by atoms with Crippen LogP contribution in [0.4, 0.5) is 0 Å². The fraction of sp³-hybridized carbons (Fsp3) is 0.176. The van der Waals surface area contributed by atoms with Crippen molar-refractivity contribution in [3.8, 4) is 5.69 Å². The molecule has 3 aromatic rings. The van der Waals surface area contributed by atoms with E-state index in [-0.39, 0.29) is 11.5 Å². The van der Waals surface area contributed by atoms with Crippen molar-refractivity contribution in [2.75, 3.05) is 6.54 Å². The lowest BCUT2D eigenvalue weighted by Crippen LogP contribution is -2.11. The van der Waals surface area contributed by atoms with Crippen molar-refractivity contribution in [3.05, 3.63) is 80.1 Å². The fourth-order valence-corrected chi connectivity index (χ4v) is 3.88. The van der Waals surface area contributed by atoms with Gasteiger partial charge in [0.2, 0.25) is 6.54 Å². The lowest BCUT2D eigenvalue weighted by Gasteiger charge is -2.14. The molecule has 9 heteroatoms. The third-order valence-corrected chi connectivity index (χ3v) is 5.37. The minimum absolute atomic E-state index is 0.237. The second-order valence-electron chi connectivity index (χ2n) is 5.51. The monoisotopic (exact) mass is 408 g/mol. The van der Waals surface area contributed by atoms with Gasteiger partial charge in [0.15, 0.2) is 5.16 Å². The number of hydrogen-bond donors (Lipinski definition) is 0. The average molecular weight is 409 g/mol. The first kappa shape index (κ1) is 18.7. The third kappa shape index (κ3) is 4.35. The van der Waals surface area contributed by atoms with Crippen molar-refractivity contribution in [3.63, 3.8) is 0 Å². The molecule has 0 amide bonds. The van der Waals surface area contributed by atoms with Gasteiger partial charge in [-0.2, -0.15) is 0 Å². The maximum Gasteiger partial charge on any atom is 0.220 e. The van der Waals surface area contributed by atoms with E-state index in [1.165, 1.54) is 11.8 Å². The van der Waals surface area contributed by atoms with Gasteiger partial charge in [0, 0.05) is 20.7 Å². The summed E-state index contributed by atoms with van der Waals surface area (Å²) in [6.45, 7) is 1.59. The molecular formula is C17H14Cl2N4O2S. The molecule has 134 valence electrons. The van der Waals surface area contributed by atoms with Crippen LogP contribution >= 0.6 is 35.0 Å². The van der Waals surface area contributed by atoms with Crippen LogP contribution in [0.1, 0.15) is 16.6 Å². The molecule has 0 aliphatic heterocycles. The Bertz CT molecular complexity index is 914. The molecule has 26 heavy (non-hydrogen) atoms. The molecule has 6 nitrogen and oxygen atoms in total. The zero-order chi connectivity index (χ0) is 18.7. The predicted molar refractivity (Wildman–Crippen MR) is 103 cm³/mol. The summed E-state index contributed by atoms with van der Waals surface area (Å²) in [7, 11) is 0. The molecule has 0 aliphatic carbocycles. The van der Waals surface area contributed by atoms with Crippen LogP contribution in [0.15, 0.2) is 53.7 Å². The Morgan fingerprint density at radius 3 is 2.23 bits per heavy atom. The number of aryl methyl sites for hydroxylation is 1. The van der Waals surface area contributed by atoms with Crippen molar-refractivity contribution >= 4 is 35.0 Å². The molecule has 1 aromatic heterocycles. The van der Waals surface area contributed by atoms with E-state index < -0.39 is 5.25 Å². The first-order valence-corrected chi connectivity index (χ1v) is 9.29. The normalized spacial score (nSPS) is 12.1. The zero-order valence-corrected chi connectivity index (χ0v) is 16.0. The van der Waals surface area contributed by atoms with E-state index >= 15 is 0 Å². The molecule has 0 aliphatic rings. The lowest BCUT2D eigenvalue weighted by molar-refractivity contribution is -0.479. The number of halogens is 2. The van der Waals surface area contributed by atoms with Crippen LogP contribution in [-0.2, 0) is 0 Å². The second-order valence-corrected chi connectivity index (χ2v) is 7.56. The smallest absolute Gasteiger partial charge is 0.220 e. The van der Waals surface area contributed by atoms with Crippen molar-refractivity contribution in [1.82, 2.24) is 14.8 Å². The van der Waals surface area contributed by atoms with E-state index in [2.05, 4.69) is 10.2 Å². The predicted octanol–water partition coefficient (Wildman–Crippen LogP) is 4.99. The SMILES string of the molecule is Cc1nnc(S[C@H](C[N+](=O)[O-])c2ccc(Cl)cc2)n1-c1ccc(Cl)cc1. The molecule has 1 atom stereocenters. The summed E-state index contributed by atoms with van der Waals surface area (Å²) >= 11 is 13.2. The van der Waals surface area contributed by atoms with Crippen LogP contribution in [-0.4, -0.2) is 26.2 Å². The molecule has 1 heterocycles. The number of nitro groups is 1. The van der Waals surface area contributed by atoms with Gasteiger partial charge in [-0.05, 0) is 48.9 Å². The van der Waals surface area contributed by atoms with Crippen molar-refractivity contribution < 1.29 is 4.92 Å². The van der Waals surface area contributed by atoms with Crippen molar-refractivity contribution in [1.29, 1.82) is 0 Å². The van der Waals surface area contributed by atoms with Gasteiger partial charge < -0.3 is 0 Å². The number of aromatic nitrogens is 3. The zero-order valence-electron chi connectivity index (χ0n) is 13.7. The molecule has 0 unspecified atom stereocenters. The Balaban J connectivity index is 1.95. The van der Waals surface area contributed by atoms with Crippen LogP contribution in [0.5, 0.6) is 0 Å². The van der Waals surface area contributed by atoms with Crippen LogP contribution in [0.2, 0.25) is 10.0 Å². The molecule has 0 N–H and O–H groups in total. The van der Waals surface area contributed by atoms with Crippen LogP contribution in [0, 0.1) is 17.0 Å². The summed E-state index contributed by atoms with van der Waals surface area (Å²) in [6, 6.07) is 14.3. The van der Waals surface area contributed by atoms with Gasteiger partial charge in [-0.1, -0.05) is 47.1 Å². The Kier molecular flexibility index (Phi) is 5.80. The van der Waals surface area contributed by atoms with Gasteiger partial charge in [0.25, 0.3) is 0 Å². The highest BCUT2D eigenvalue weighted by Gasteiger charge is 2.23. The van der Waals surface area contributed by atoms with E-state index in [4.69, 9.17) is 23.2 Å². The highest BCUT2D eigenvalue weighted by Crippen LogP contribution is 2.36. The van der Waals surface area contributed by atoms with Gasteiger partial charge in [-0.25, -0.2) is 0 Å². The van der Waals surface area contributed by atoms with Crippen LogP contribution < -0.4 is 0 Å². The first-order chi connectivity index (χ1) is 12.4. The van der Waals surface area contributed by atoms with Gasteiger partial charge in [0.1, 0.15) is 11.1 Å². The summed E-state index contributed by atoms with van der Waals surface area (Å²) in [5.41, 5.74) is 1.65. The number of nitrogens with zero attached hydrogens (tertiary/aromatic N) is 4. The maximum absolute atomic E-state index is 11.1. The van der Waals surface area contributed by atoms with Crippen LogP contribution in [0.25, 0.3) is 5.69 Å². The summed E-state index contributed by atoms with van der Waals surface area (Å²) in [5, 5.41) is 20.8. The molecule has 0 saturated carbocycles. The van der Waals surface area contributed by atoms with E-state index in [1.54, 1.807) is 36.4 Å². The number of benzene rings is 2. The van der Waals surface area contributed by atoms with E-state index in [0.717, 1.165) is 11.3 Å². The summed E-state index contributed by atoms with van der Waals surface area (Å²) in [4.78, 5) is 10.8. The lowest BCUT2D eigenvalue weighted by atomic mass is 10.1. The van der Waals surface area contributed by atoms with E-state index in [1.807, 2.05) is 23.6 Å². The van der Waals surface area contributed by atoms with Gasteiger partial charge in [-0.3, -0.25) is 14.7 Å². The maximum atomic E-state index is 11.1.